The molecule has 0 saturated heterocycles. The molecule has 1 aliphatic carbocycles. The number of amides is 1. The highest BCUT2D eigenvalue weighted by molar-refractivity contribution is 6.39. The van der Waals surface area contributed by atoms with Gasteiger partial charge in [0, 0.05) is 16.7 Å². The molecular formula is C21H12ClNO3. The first-order valence-corrected chi connectivity index (χ1v) is 8.33. The van der Waals surface area contributed by atoms with Crippen LogP contribution < -0.4 is 5.32 Å². The van der Waals surface area contributed by atoms with Gasteiger partial charge in [-0.05, 0) is 24.3 Å². The summed E-state index contributed by atoms with van der Waals surface area (Å²) in [6.45, 7) is 0. The first kappa shape index (κ1) is 16.2. The molecule has 3 aromatic carbocycles. The summed E-state index contributed by atoms with van der Waals surface area (Å²) < 4.78 is 0. The maximum atomic E-state index is 13.0. The van der Waals surface area contributed by atoms with Gasteiger partial charge < -0.3 is 5.32 Å². The van der Waals surface area contributed by atoms with E-state index in [1.54, 1.807) is 60.7 Å². The highest BCUT2D eigenvalue weighted by Crippen LogP contribution is 2.35. The molecule has 4 rings (SSSR count). The number of hydrogen-bond acceptors (Lipinski definition) is 3. The fourth-order valence-corrected chi connectivity index (χ4v) is 3.35. The summed E-state index contributed by atoms with van der Waals surface area (Å²) >= 11 is 6.16. The van der Waals surface area contributed by atoms with Gasteiger partial charge in [0.15, 0.2) is 11.6 Å². The third-order valence-electron chi connectivity index (χ3n) is 4.31. The normalized spacial score (nSPS) is 12.3. The van der Waals surface area contributed by atoms with E-state index in [9.17, 15) is 14.4 Å². The number of nitrogens with one attached hydrogen (secondary N) is 1. The molecule has 0 unspecified atom stereocenters. The van der Waals surface area contributed by atoms with Crippen LogP contribution in [-0.4, -0.2) is 17.5 Å². The lowest BCUT2D eigenvalue weighted by molar-refractivity contribution is 0.0978. The SMILES string of the molecule is O=C(Nc1cccc2c1C(=O)c1c(Cl)cccc1C2=O)c1ccccc1. The number of ketones is 2. The Balaban J connectivity index is 1.82. The lowest BCUT2D eigenvalue weighted by atomic mass is 9.83. The van der Waals surface area contributed by atoms with E-state index in [2.05, 4.69) is 5.32 Å². The van der Waals surface area contributed by atoms with E-state index < -0.39 is 0 Å². The summed E-state index contributed by atoms with van der Waals surface area (Å²) in [6.07, 6.45) is 0. The molecule has 1 amide bonds. The summed E-state index contributed by atoms with van der Waals surface area (Å²) in [5.74, 6) is -1.01. The van der Waals surface area contributed by atoms with Crippen molar-refractivity contribution < 1.29 is 14.4 Å². The van der Waals surface area contributed by atoms with Crippen LogP contribution in [0.25, 0.3) is 0 Å². The Morgan fingerprint density at radius 2 is 1.38 bits per heavy atom. The van der Waals surface area contributed by atoms with Crippen molar-refractivity contribution in [1.82, 2.24) is 0 Å². The Hall–Kier alpha value is -3.24. The second kappa shape index (κ2) is 6.24. The number of fused-ring (bicyclic) bond motifs is 2. The fraction of sp³-hybridized carbons (Fsp3) is 0. The number of carbonyl (C=O) groups is 3. The molecule has 0 aromatic heterocycles. The van der Waals surface area contributed by atoms with Gasteiger partial charge in [-0.25, -0.2) is 0 Å². The molecule has 126 valence electrons. The van der Waals surface area contributed by atoms with Crippen molar-refractivity contribution in [2.24, 2.45) is 0 Å². The van der Waals surface area contributed by atoms with Gasteiger partial charge in [0.05, 0.1) is 21.8 Å². The second-order valence-corrected chi connectivity index (χ2v) is 6.28. The molecule has 4 nitrogen and oxygen atoms in total. The molecule has 0 spiro atoms. The number of halogens is 1. The van der Waals surface area contributed by atoms with Crippen molar-refractivity contribution in [1.29, 1.82) is 0 Å². The Bertz CT molecular complexity index is 1070. The topological polar surface area (TPSA) is 63.2 Å². The van der Waals surface area contributed by atoms with Crippen molar-refractivity contribution in [2.45, 2.75) is 0 Å². The third-order valence-corrected chi connectivity index (χ3v) is 4.62. The van der Waals surface area contributed by atoms with Crippen molar-refractivity contribution in [2.75, 3.05) is 5.32 Å². The standard InChI is InChI=1S/C21H12ClNO3/c22-15-10-4-8-13-17(15)20(25)18-14(19(13)24)9-5-11-16(18)23-21(26)12-6-2-1-3-7-12/h1-11H,(H,23,26). The van der Waals surface area contributed by atoms with Crippen molar-refractivity contribution >= 4 is 34.8 Å². The van der Waals surface area contributed by atoms with Crippen LogP contribution in [0.2, 0.25) is 5.02 Å². The second-order valence-electron chi connectivity index (χ2n) is 5.87. The van der Waals surface area contributed by atoms with Crippen LogP contribution in [0.3, 0.4) is 0 Å². The summed E-state index contributed by atoms with van der Waals surface area (Å²) in [6, 6.07) is 18.3. The third kappa shape index (κ3) is 2.52. The Morgan fingerprint density at radius 3 is 2.12 bits per heavy atom. The van der Waals surface area contributed by atoms with Crippen LogP contribution in [0, 0.1) is 0 Å². The predicted octanol–water partition coefficient (Wildman–Crippen LogP) is 4.37. The minimum atomic E-state index is -0.371. The molecule has 0 saturated carbocycles. The van der Waals surface area contributed by atoms with E-state index in [-0.39, 0.29) is 44.8 Å². The quantitative estimate of drug-likeness (QED) is 0.576. The molecular weight excluding hydrogens is 350 g/mol. The summed E-state index contributed by atoms with van der Waals surface area (Å²) in [4.78, 5) is 38.3. The molecule has 3 aromatic rings. The van der Waals surface area contributed by atoms with Crippen molar-refractivity contribution in [3.8, 4) is 0 Å². The summed E-state index contributed by atoms with van der Waals surface area (Å²) in [7, 11) is 0. The van der Waals surface area contributed by atoms with Gasteiger partial charge in [-0.1, -0.05) is 54.1 Å². The highest BCUT2D eigenvalue weighted by Gasteiger charge is 2.33. The zero-order valence-corrected chi connectivity index (χ0v) is 14.2. The molecule has 1 N–H and O–H groups in total. The molecule has 0 atom stereocenters. The van der Waals surface area contributed by atoms with Crippen LogP contribution >= 0.6 is 11.6 Å². The number of anilines is 1. The van der Waals surface area contributed by atoms with Gasteiger partial charge in [0.2, 0.25) is 0 Å². The van der Waals surface area contributed by atoms with E-state index in [1.807, 2.05) is 6.07 Å². The Kier molecular flexibility index (Phi) is 3.90. The number of hydrogen-bond donors (Lipinski definition) is 1. The Morgan fingerprint density at radius 1 is 0.731 bits per heavy atom. The van der Waals surface area contributed by atoms with Crippen molar-refractivity contribution in [3.63, 3.8) is 0 Å². The van der Waals surface area contributed by atoms with Gasteiger partial charge in [-0.3, -0.25) is 14.4 Å². The number of carbonyl (C=O) groups excluding carboxylic acids is 3. The molecule has 26 heavy (non-hydrogen) atoms. The van der Waals surface area contributed by atoms with Gasteiger partial charge in [0.1, 0.15) is 0 Å². The maximum Gasteiger partial charge on any atom is 0.255 e. The van der Waals surface area contributed by atoms with E-state index >= 15 is 0 Å². The minimum Gasteiger partial charge on any atom is -0.321 e. The highest BCUT2D eigenvalue weighted by atomic mass is 35.5. The lowest BCUT2D eigenvalue weighted by Crippen LogP contribution is -2.24. The van der Waals surface area contributed by atoms with Crippen LogP contribution in [-0.2, 0) is 0 Å². The monoisotopic (exact) mass is 361 g/mol. The van der Waals surface area contributed by atoms with Crippen LogP contribution in [0.15, 0.2) is 66.7 Å². The lowest BCUT2D eigenvalue weighted by Gasteiger charge is -2.21. The first-order chi connectivity index (χ1) is 12.6. The smallest absolute Gasteiger partial charge is 0.255 e. The van der Waals surface area contributed by atoms with E-state index in [0.29, 0.717) is 11.3 Å². The largest absolute Gasteiger partial charge is 0.321 e. The molecule has 0 radical (unpaired) electrons. The maximum absolute atomic E-state index is 13.0. The molecule has 0 fully saturated rings. The zero-order chi connectivity index (χ0) is 18.3. The number of rotatable bonds is 2. The average molecular weight is 362 g/mol. The number of benzene rings is 3. The zero-order valence-electron chi connectivity index (χ0n) is 13.5. The van der Waals surface area contributed by atoms with Gasteiger partial charge >= 0.3 is 0 Å². The minimum absolute atomic E-state index is 0.169. The molecule has 5 heteroatoms. The van der Waals surface area contributed by atoms with Crippen molar-refractivity contribution in [3.05, 3.63) is 99.6 Å². The molecule has 1 aliphatic rings. The van der Waals surface area contributed by atoms with E-state index in [1.165, 1.54) is 0 Å². The molecule has 0 bridgehead atoms. The van der Waals surface area contributed by atoms with Gasteiger partial charge in [-0.15, -0.1) is 0 Å². The summed E-state index contributed by atoms with van der Waals surface area (Å²) in [5.41, 5.74) is 1.63. The molecule has 0 heterocycles. The fourth-order valence-electron chi connectivity index (χ4n) is 3.09. The van der Waals surface area contributed by atoms with Crippen LogP contribution in [0.5, 0.6) is 0 Å². The first-order valence-electron chi connectivity index (χ1n) is 7.95. The predicted molar refractivity (Wildman–Crippen MR) is 99.2 cm³/mol. The average Bonchev–Trinajstić information content (AvgIpc) is 2.66. The van der Waals surface area contributed by atoms with Crippen LogP contribution in [0.4, 0.5) is 5.69 Å². The van der Waals surface area contributed by atoms with Crippen LogP contribution in [0.1, 0.15) is 42.2 Å². The van der Waals surface area contributed by atoms with E-state index in [0.717, 1.165) is 0 Å². The van der Waals surface area contributed by atoms with Gasteiger partial charge in [-0.2, -0.15) is 0 Å². The molecule has 0 aliphatic heterocycles. The van der Waals surface area contributed by atoms with E-state index in [4.69, 9.17) is 11.6 Å². The summed E-state index contributed by atoms with van der Waals surface area (Å²) in [5, 5.41) is 2.95. The Labute approximate surface area is 154 Å². The van der Waals surface area contributed by atoms with Gasteiger partial charge in [0.25, 0.3) is 5.91 Å².